The van der Waals surface area contributed by atoms with Crippen molar-refractivity contribution in [2.24, 2.45) is 0 Å². The van der Waals surface area contributed by atoms with Crippen molar-refractivity contribution in [1.82, 2.24) is 0 Å². The van der Waals surface area contributed by atoms with E-state index in [0.717, 1.165) is 19.0 Å². The molecule has 0 aromatic carbocycles. The van der Waals surface area contributed by atoms with Crippen LogP contribution in [0.1, 0.15) is 57.8 Å². The van der Waals surface area contributed by atoms with Gasteiger partial charge < -0.3 is 9.47 Å². The first-order valence-electron chi connectivity index (χ1n) is 7.09. The monoisotopic (exact) mass is 262 g/mol. The van der Waals surface area contributed by atoms with Crippen LogP contribution in [0.25, 0.3) is 0 Å². The molecule has 0 rings (SSSR count). The van der Waals surface area contributed by atoms with Crippen LogP contribution in [0, 0.1) is 0 Å². The van der Waals surface area contributed by atoms with E-state index >= 15 is 0 Å². The van der Waals surface area contributed by atoms with Crippen molar-refractivity contribution in [3.8, 4) is 0 Å². The Morgan fingerprint density at radius 3 is 1.71 bits per heavy atom. The molecular formula is C14H30O2S. The van der Waals surface area contributed by atoms with Crippen LogP contribution in [0.5, 0.6) is 0 Å². The Hall–Kier alpha value is 0.270. The Morgan fingerprint density at radius 2 is 1.18 bits per heavy atom. The number of unbranched alkanes of at least 4 members (excludes halogenated alkanes) is 8. The van der Waals surface area contributed by atoms with Crippen molar-refractivity contribution in [2.45, 2.75) is 57.8 Å². The lowest BCUT2D eigenvalue weighted by atomic mass is 10.1. The molecule has 0 atom stereocenters. The van der Waals surface area contributed by atoms with E-state index in [2.05, 4.69) is 12.6 Å². The number of hydrogen-bond acceptors (Lipinski definition) is 3. The summed E-state index contributed by atoms with van der Waals surface area (Å²) < 4.78 is 10.3. The van der Waals surface area contributed by atoms with Crippen molar-refractivity contribution in [1.29, 1.82) is 0 Å². The van der Waals surface area contributed by atoms with Crippen molar-refractivity contribution in [3.63, 3.8) is 0 Å². The fourth-order valence-corrected chi connectivity index (χ4v) is 2.02. The van der Waals surface area contributed by atoms with E-state index in [0.29, 0.717) is 6.61 Å². The van der Waals surface area contributed by atoms with Crippen LogP contribution >= 0.6 is 12.6 Å². The minimum atomic E-state index is 0.715. The first kappa shape index (κ1) is 17.3. The lowest BCUT2D eigenvalue weighted by molar-refractivity contribution is 0.0685. The smallest absolute Gasteiger partial charge is 0.0700 e. The molecule has 0 amide bonds. The van der Waals surface area contributed by atoms with Crippen LogP contribution in [0.15, 0.2) is 0 Å². The molecule has 0 saturated heterocycles. The summed E-state index contributed by atoms with van der Waals surface area (Å²) in [6.45, 7) is 2.35. The van der Waals surface area contributed by atoms with E-state index in [1.807, 2.05) is 0 Å². The summed E-state index contributed by atoms with van der Waals surface area (Å²) in [5.41, 5.74) is 0. The molecule has 0 aliphatic rings. The van der Waals surface area contributed by atoms with Gasteiger partial charge in [-0.25, -0.2) is 0 Å². The van der Waals surface area contributed by atoms with Gasteiger partial charge in [-0.1, -0.05) is 44.9 Å². The van der Waals surface area contributed by atoms with E-state index in [9.17, 15) is 0 Å². The van der Waals surface area contributed by atoms with E-state index < -0.39 is 0 Å². The van der Waals surface area contributed by atoms with Gasteiger partial charge in [-0.2, -0.15) is 12.6 Å². The van der Waals surface area contributed by atoms with Crippen molar-refractivity contribution >= 4 is 12.6 Å². The Bertz CT molecular complexity index is 117. The summed E-state index contributed by atoms with van der Waals surface area (Å²) in [6.07, 6.45) is 12.1. The average molecular weight is 262 g/mol. The summed E-state index contributed by atoms with van der Waals surface area (Å²) >= 11 is 4.21. The largest absolute Gasteiger partial charge is 0.382 e. The number of thiol groups is 1. The normalized spacial score (nSPS) is 10.9. The topological polar surface area (TPSA) is 18.5 Å². The fraction of sp³-hybridized carbons (Fsp3) is 1.00. The van der Waals surface area contributed by atoms with Crippen LogP contribution in [0.3, 0.4) is 0 Å². The standard InChI is InChI=1S/C14H30O2S/c1-15-12-13-16-11-9-7-5-3-2-4-6-8-10-14-17/h17H,2-14H2,1H3. The predicted octanol–water partition coefficient (Wildman–Crippen LogP) is 4.09. The Balaban J connectivity index is 2.85. The molecule has 0 saturated carbocycles. The van der Waals surface area contributed by atoms with Gasteiger partial charge in [0, 0.05) is 13.7 Å². The molecule has 0 radical (unpaired) electrons. The molecule has 0 unspecified atom stereocenters. The quantitative estimate of drug-likeness (QED) is 0.375. The third kappa shape index (κ3) is 16.3. The highest BCUT2D eigenvalue weighted by molar-refractivity contribution is 7.80. The zero-order valence-corrected chi connectivity index (χ0v) is 12.4. The predicted molar refractivity (Wildman–Crippen MR) is 78.1 cm³/mol. The van der Waals surface area contributed by atoms with Gasteiger partial charge in [0.15, 0.2) is 0 Å². The molecule has 104 valence electrons. The van der Waals surface area contributed by atoms with Crippen LogP contribution in [0.2, 0.25) is 0 Å². The third-order valence-electron chi connectivity index (χ3n) is 2.88. The van der Waals surface area contributed by atoms with Gasteiger partial charge in [0.1, 0.15) is 0 Å². The maximum Gasteiger partial charge on any atom is 0.0700 e. The number of ether oxygens (including phenoxy) is 2. The second-order valence-corrected chi connectivity index (χ2v) is 4.96. The first-order valence-corrected chi connectivity index (χ1v) is 7.72. The van der Waals surface area contributed by atoms with Crippen molar-refractivity contribution in [3.05, 3.63) is 0 Å². The van der Waals surface area contributed by atoms with Gasteiger partial charge in [-0.15, -0.1) is 0 Å². The van der Waals surface area contributed by atoms with Crippen molar-refractivity contribution in [2.75, 3.05) is 32.7 Å². The summed E-state index contributed by atoms with van der Waals surface area (Å²) in [6, 6.07) is 0. The van der Waals surface area contributed by atoms with Gasteiger partial charge in [0.2, 0.25) is 0 Å². The molecule has 17 heavy (non-hydrogen) atoms. The number of hydrogen-bond donors (Lipinski definition) is 1. The lowest BCUT2D eigenvalue weighted by Gasteiger charge is -2.04. The van der Waals surface area contributed by atoms with Crippen LogP contribution in [-0.2, 0) is 9.47 Å². The van der Waals surface area contributed by atoms with Gasteiger partial charge in [-0.05, 0) is 18.6 Å². The highest BCUT2D eigenvalue weighted by Crippen LogP contribution is 2.09. The molecule has 0 fully saturated rings. The Labute approximate surface area is 113 Å². The maximum atomic E-state index is 5.41. The van der Waals surface area contributed by atoms with Gasteiger partial charge >= 0.3 is 0 Å². The second kappa shape index (κ2) is 16.3. The maximum absolute atomic E-state index is 5.41. The zero-order chi connectivity index (χ0) is 12.6. The molecule has 0 aliphatic carbocycles. The molecule has 0 N–H and O–H groups in total. The average Bonchev–Trinajstić information content (AvgIpc) is 2.35. The van der Waals surface area contributed by atoms with Crippen LogP contribution in [-0.4, -0.2) is 32.7 Å². The molecule has 0 heterocycles. The molecule has 0 bridgehead atoms. The van der Waals surface area contributed by atoms with E-state index in [-0.39, 0.29) is 0 Å². The lowest BCUT2D eigenvalue weighted by Crippen LogP contribution is -2.02. The SMILES string of the molecule is COCCOCCCCCCCCCCCS. The molecule has 0 aromatic rings. The third-order valence-corrected chi connectivity index (χ3v) is 3.19. The van der Waals surface area contributed by atoms with E-state index in [1.54, 1.807) is 7.11 Å². The second-order valence-electron chi connectivity index (χ2n) is 4.51. The molecule has 0 aromatic heterocycles. The van der Waals surface area contributed by atoms with Crippen molar-refractivity contribution < 1.29 is 9.47 Å². The van der Waals surface area contributed by atoms with Gasteiger partial charge in [0.05, 0.1) is 13.2 Å². The summed E-state index contributed by atoms with van der Waals surface area (Å²) in [5, 5.41) is 0. The zero-order valence-electron chi connectivity index (χ0n) is 11.5. The van der Waals surface area contributed by atoms with Crippen LogP contribution in [0.4, 0.5) is 0 Å². The minimum Gasteiger partial charge on any atom is -0.382 e. The first-order chi connectivity index (χ1) is 8.41. The molecule has 3 heteroatoms. The Morgan fingerprint density at radius 1 is 0.647 bits per heavy atom. The Kier molecular flexibility index (Phi) is 16.5. The highest BCUT2D eigenvalue weighted by Gasteiger charge is 1.93. The molecule has 0 aliphatic heterocycles. The summed E-state index contributed by atoms with van der Waals surface area (Å²) in [7, 11) is 1.71. The molecule has 0 spiro atoms. The number of methoxy groups -OCH3 is 1. The minimum absolute atomic E-state index is 0.715. The molecular weight excluding hydrogens is 232 g/mol. The van der Waals surface area contributed by atoms with Gasteiger partial charge in [0.25, 0.3) is 0 Å². The molecule has 2 nitrogen and oxygen atoms in total. The summed E-state index contributed by atoms with van der Waals surface area (Å²) in [5.74, 6) is 1.04. The number of rotatable bonds is 14. The van der Waals surface area contributed by atoms with Gasteiger partial charge in [-0.3, -0.25) is 0 Å². The van der Waals surface area contributed by atoms with E-state index in [4.69, 9.17) is 9.47 Å². The summed E-state index contributed by atoms with van der Waals surface area (Å²) in [4.78, 5) is 0. The highest BCUT2D eigenvalue weighted by atomic mass is 32.1. The van der Waals surface area contributed by atoms with E-state index in [1.165, 1.54) is 57.8 Å². The van der Waals surface area contributed by atoms with Crippen LogP contribution < -0.4 is 0 Å². The fourth-order valence-electron chi connectivity index (χ4n) is 1.80.